The fourth-order valence-corrected chi connectivity index (χ4v) is 4.84. The lowest BCUT2D eigenvalue weighted by molar-refractivity contribution is -0.109. The molecule has 1 N–H and O–H groups in total. The maximum Gasteiger partial charge on any atom is 0.0686 e. The highest BCUT2D eigenvalue weighted by atomic mass is 79.9. The van der Waals surface area contributed by atoms with Crippen LogP contribution in [0.1, 0.15) is 38.5 Å². The van der Waals surface area contributed by atoms with Crippen LogP contribution in [0.15, 0.2) is 33.6 Å². The highest BCUT2D eigenvalue weighted by Crippen LogP contribution is 2.43. The van der Waals surface area contributed by atoms with E-state index in [1.807, 2.05) is 0 Å². The molecule has 0 radical (unpaired) electrons. The summed E-state index contributed by atoms with van der Waals surface area (Å²) < 4.78 is 7.16. The molecule has 1 saturated heterocycles. The zero-order valence-electron chi connectivity index (χ0n) is 12.3. The number of halogens is 1. The molecule has 0 aromatic heterocycles. The number of ether oxygens (including phenoxy) is 1. The molecule has 3 rings (SSSR count). The quantitative estimate of drug-likeness (QED) is 0.782. The number of hydrogen-bond acceptors (Lipinski definition) is 3. The molecule has 1 aromatic carbocycles. The Hall–Kier alpha value is -0.0300. The van der Waals surface area contributed by atoms with E-state index in [1.54, 1.807) is 11.8 Å². The summed E-state index contributed by atoms with van der Waals surface area (Å²) in [6.45, 7) is 0.824. The summed E-state index contributed by atoms with van der Waals surface area (Å²) in [4.78, 5) is 1.22. The predicted molar refractivity (Wildman–Crippen MR) is 90.7 cm³/mol. The van der Waals surface area contributed by atoms with Crippen LogP contribution in [0.5, 0.6) is 0 Å². The number of aliphatic hydroxyl groups is 1. The molecule has 21 heavy (non-hydrogen) atoms. The molecule has 4 heteroatoms. The Labute approximate surface area is 139 Å². The number of aliphatic hydroxyl groups excluding tert-OH is 1. The third-order valence-corrected chi connectivity index (χ3v) is 6.47. The minimum absolute atomic E-state index is 0.103. The SMILES string of the molecule is OC(CSc1ccc(Br)cc1)C1CCOC2(CCCC2)C1. The first-order valence-electron chi connectivity index (χ1n) is 7.87. The molecule has 2 nitrogen and oxygen atoms in total. The molecule has 2 fully saturated rings. The van der Waals surface area contributed by atoms with Gasteiger partial charge in [-0.1, -0.05) is 28.8 Å². The Kier molecular flexibility index (Phi) is 5.31. The number of benzene rings is 1. The molecule has 1 heterocycles. The summed E-state index contributed by atoms with van der Waals surface area (Å²) in [5, 5.41) is 10.5. The average molecular weight is 371 g/mol. The highest BCUT2D eigenvalue weighted by Gasteiger charge is 2.41. The van der Waals surface area contributed by atoms with E-state index < -0.39 is 0 Å². The van der Waals surface area contributed by atoms with Gasteiger partial charge >= 0.3 is 0 Å². The van der Waals surface area contributed by atoms with Gasteiger partial charge in [-0.15, -0.1) is 11.8 Å². The van der Waals surface area contributed by atoms with Gasteiger partial charge in [0, 0.05) is 21.7 Å². The second kappa shape index (κ2) is 7.03. The van der Waals surface area contributed by atoms with Crippen LogP contribution in [-0.4, -0.2) is 29.2 Å². The molecule has 1 spiro atoms. The molecule has 2 unspecified atom stereocenters. The second-order valence-corrected chi connectivity index (χ2v) is 8.33. The minimum atomic E-state index is -0.222. The van der Waals surface area contributed by atoms with E-state index in [0.717, 1.165) is 29.7 Å². The van der Waals surface area contributed by atoms with Gasteiger partial charge in [0.15, 0.2) is 0 Å². The summed E-state index contributed by atoms with van der Waals surface area (Å²) in [5.41, 5.74) is 0.103. The predicted octanol–water partition coefficient (Wildman–Crippen LogP) is 4.64. The van der Waals surface area contributed by atoms with Crippen LogP contribution in [0.2, 0.25) is 0 Å². The summed E-state index contributed by atoms with van der Waals surface area (Å²) >= 11 is 5.20. The third kappa shape index (κ3) is 4.04. The van der Waals surface area contributed by atoms with E-state index in [1.165, 1.54) is 30.6 Å². The van der Waals surface area contributed by atoms with Crippen molar-refractivity contribution >= 4 is 27.7 Å². The van der Waals surface area contributed by atoms with E-state index >= 15 is 0 Å². The lowest BCUT2D eigenvalue weighted by atomic mass is 9.82. The van der Waals surface area contributed by atoms with Crippen molar-refractivity contribution in [3.8, 4) is 0 Å². The standard InChI is InChI=1S/C17H23BrO2S/c18-14-3-5-15(6-4-14)21-12-16(19)13-7-10-20-17(11-13)8-1-2-9-17/h3-6,13,16,19H,1-2,7-12H2. The van der Waals surface area contributed by atoms with Crippen molar-refractivity contribution in [3.63, 3.8) is 0 Å². The van der Waals surface area contributed by atoms with Crippen LogP contribution in [-0.2, 0) is 4.74 Å². The minimum Gasteiger partial charge on any atom is -0.392 e. The van der Waals surface area contributed by atoms with Crippen molar-refractivity contribution in [2.45, 2.75) is 55.1 Å². The molecule has 1 saturated carbocycles. The van der Waals surface area contributed by atoms with Crippen LogP contribution in [0, 0.1) is 5.92 Å². The summed E-state index contributed by atoms with van der Waals surface area (Å²) in [6.07, 6.45) is 6.79. The van der Waals surface area contributed by atoms with E-state index in [9.17, 15) is 5.11 Å². The van der Waals surface area contributed by atoms with Crippen molar-refractivity contribution in [3.05, 3.63) is 28.7 Å². The van der Waals surface area contributed by atoms with Gasteiger partial charge in [-0.25, -0.2) is 0 Å². The molecule has 0 bridgehead atoms. The van der Waals surface area contributed by atoms with Crippen molar-refractivity contribution < 1.29 is 9.84 Å². The Morgan fingerprint density at radius 3 is 2.71 bits per heavy atom. The molecule has 116 valence electrons. The van der Waals surface area contributed by atoms with E-state index in [0.29, 0.717) is 5.92 Å². The van der Waals surface area contributed by atoms with E-state index in [4.69, 9.17) is 4.74 Å². The Bertz CT molecular complexity index is 456. The monoisotopic (exact) mass is 370 g/mol. The van der Waals surface area contributed by atoms with Crippen LogP contribution >= 0.6 is 27.7 Å². The van der Waals surface area contributed by atoms with Crippen LogP contribution in [0.25, 0.3) is 0 Å². The Morgan fingerprint density at radius 1 is 1.29 bits per heavy atom. The Morgan fingerprint density at radius 2 is 2.00 bits per heavy atom. The van der Waals surface area contributed by atoms with Gasteiger partial charge < -0.3 is 9.84 Å². The smallest absolute Gasteiger partial charge is 0.0686 e. The fourth-order valence-electron chi connectivity index (χ4n) is 3.61. The zero-order chi connectivity index (χ0) is 14.7. The molecular weight excluding hydrogens is 348 g/mol. The lowest BCUT2D eigenvalue weighted by Gasteiger charge is -2.40. The van der Waals surface area contributed by atoms with Crippen molar-refractivity contribution in [1.29, 1.82) is 0 Å². The molecule has 2 atom stereocenters. The summed E-state index contributed by atoms with van der Waals surface area (Å²) in [6, 6.07) is 8.31. The lowest BCUT2D eigenvalue weighted by Crippen LogP contribution is -2.41. The molecule has 2 aliphatic rings. The molecule has 1 aromatic rings. The number of hydrogen-bond donors (Lipinski definition) is 1. The highest BCUT2D eigenvalue weighted by molar-refractivity contribution is 9.10. The van der Waals surface area contributed by atoms with Crippen molar-refractivity contribution in [1.82, 2.24) is 0 Å². The largest absolute Gasteiger partial charge is 0.392 e. The van der Waals surface area contributed by atoms with Crippen molar-refractivity contribution in [2.24, 2.45) is 5.92 Å². The van der Waals surface area contributed by atoms with Gasteiger partial charge in [-0.2, -0.15) is 0 Å². The van der Waals surface area contributed by atoms with Crippen LogP contribution < -0.4 is 0 Å². The van der Waals surface area contributed by atoms with E-state index in [-0.39, 0.29) is 11.7 Å². The van der Waals surface area contributed by atoms with Gasteiger partial charge in [-0.3, -0.25) is 0 Å². The molecule has 0 amide bonds. The topological polar surface area (TPSA) is 29.5 Å². The van der Waals surface area contributed by atoms with Gasteiger partial charge in [0.2, 0.25) is 0 Å². The van der Waals surface area contributed by atoms with Gasteiger partial charge in [0.1, 0.15) is 0 Å². The first-order chi connectivity index (χ1) is 10.2. The maximum atomic E-state index is 10.5. The van der Waals surface area contributed by atoms with Crippen molar-refractivity contribution in [2.75, 3.05) is 12.4 Å². The van der Waals surface area contributed by atoms with Crippen LogP contribution in [0.3, 0.4) is 0 Å². The Balaban J connectivity index is 1.52. The first kappa shape index (κ1) is 15.9. The molecule has 1 aliphatic heterocycles. The second-order valence-electron chi connectivity index (χ2n) is 6.32. The average Bonchev–Trinajstić information content (AvgIpc) is 2.94. The zero-order valence-corrected chi connectivity index (χ0v) is 14.7. The maximum absolute atomic E-state index is 10.5. The third-order valence-electron chi connectivity index (χ3n) is 4.82. The summed E-state index contributed by atoms with van der Waals surface area (Å²) in [5.74, 6) is 1.18. The normalized spacial score (nSPS) is 26.1. The fraction of sp³-hybridized carbons (Fsp3) is 0.647. The number of rotatable bonds is 4. The number of thioether (sulfide) groups is 1. The molecule has 1 aliphatic carbocycles. The molecular formula is C17H23BrO2S. The van der Waals surface area contributed by atoms with Gasteiger partial charge in [0.05, 0.1) is 11.7 Å². The van der Waals surface area contributed by atoms with Gasteiger partial charge in [0.25, 0.3) is 0 Å². The first-order valence-corrected chi connectivity index (χ1v) is 9.65. The van der Waals surface area contributed by atoms with Gasteiger partial charge in [-0.05, 0) is 55.9 Å². The van der Waals surface area contributed by atoms with E-state index in [2.05, 4.69) is 40.2 Å². The summed E-state index contributed by atoms with van der Waals surface area (Å²) in [7, 11) is 0. The van der Waals surface area contributed by atoms with Crippen LogP contribution in [0.4, 0.5) is 0 Å².